The van der Waals surface area contributed by atoms with Crippen LogP contribution in [0.1, 0.15) is 33.2 Å². The molecule has 1 saturated heterocycles. The fourth-order valence-electron chi connectivity index (χ4n) is 4.05. The Morgan fingerprint density at radius 1 is 0.914 bits per heavy atom. The third kappa shape index (κ3) is 5.23. The molecular formula is C26H23F3O6. The lowest BCUT2D eigenvalue weighted by atomic mass is 9.95. The molecule has 35 heavy (non-hydrogen) atoms. The molecule has 3 aromatic rings. The van der Waals surface area contributed by atoms with Gasteiger partial charge in [-0.25, -0.2) is 4.79 Å². The molecule has 0 saturated carbocycles. The Morgan fingerprint density at radius 2 is 1.54 bits per heavy atom. The monoisotopic (exact) mass is 488 g/mol. The average Bonchev–Trinajstić information content (AvgIpc) is 3.09. The normalized spacial score (nSPS) is 23.2. The highest BCUT2D eigenvalue weighted by molar-refractivity contribution is 5.90. The van der Waals surface area contributed by atoms with Crippen molar-refractivity contribution < 1.29 is 42.8 Å². The van der Waals surface area contributed by atoms with E-state index in [0.29, 0.717) is 0 Å². The van der Waals surface area contributed by atoms with Gasteiger partial charge in [-0.15, -0.1) is 0 Å². The van der Waals surface area contributed by atoms with E-state index in [1.165, 1.54) is 25.1 Å². The van der Waals surface area contributed by atoms with Gasteiger partial charge in [0.1, 0.15) is 18.3 Å². The summed E-state index contributed by atoms with van der Waals surface area (Å²) in [7, 11) is 0. The number of esters is 1. The van der Waals surface area contributed by atoms with Crippen molar-refractivity contribution in [1.82, 2.24) is 0 Å². The molecule has 184 valence electrons. The number of benzene rings is 3. The second-order valence-corrected chi connectivity index (χ2v) is 8.31. The maximum atomic E-state index is 13.2. The topological polar surface area (TPSA) is 96.2 Å². The minimum atomic E-state index is -4.58. The largest absolute Gasteiger partial charge is 0.451 e. The first-order valence-corrected chi connectivity index (χ1v) is 10.8. The Hall–Kier alpha value is -3.24. The fraction of sp³-hybridized carbons (Fsp3) is 0.269. The number of alkyl halides is 3. The average molecular weight is 488 g/mol. The Balaban J connectivity index is 1.63. The van der Waals surface area contributed by atoms with Gasteiger partial charge in [0.15, 0.2) is 12.4 Å². The van der Waals surface area contributed by atoms with Crippen molar-refractivity contribution in [3.8, 4) is 11.1 Å². The summed E-state index contributed by atoms with van der Waals surface area (Å²) in [5.41, 5.74) is 1.07. The third-order valence-electron chi connectivity index (χ3n) is 5.92. The van der Waals surface area contributed by atoms with Crippen LogP contribution in [0, 0.1) is 6.92 Å². The van der Waals surface area contributed by atoms with E-state index in [1.54, 1.807) is 12.1 Å². The number of carbonyl (C=O) groups excluding carboxylic acids is 1. The number of aryl methyl sites for hydroxylation is 1. The smallest absolute Gasteiger partial charge is 0.416 e. The van der Waals surface area contributed by atoms with E-state index in [4.69, 9.17) is 9.47 Å². The summed E-state index contributed by atoms with van der Waals surface area (Å²) in [6, 6.07) is 19.1. The maximum Gasteiger partial charge on any atom is 0.416 e. The highest BCUT2D eigenvalue weighted by atomic mass is 19.4. The molecule has 0 bridgehead atoms. The van der Waals surface area contributed by atoms with Crippen LogP contribution < -0.4 is 0 Å². The lowest BCUT2D eigenvalue weighted by Gasteiger charge is -2.26. The van der Waals surface area contributed by atoms with E-state index in [2.05, 4.69) is 0 Å². The van der Waals surface area contributed by atoms with Crippen LogP contribution in [0.15, 0.2) is 72.8 Å². The van der Waals surface area contributed by atoms with Crippen molar-refractivity contribution in [3.63, 3.8) is 0 Å². The van der Waals surface area contributed by atoms with Gasteiger partial charge in [0.25, 0.3) is 0 Å². The molecule has 1 unspecified atom stereocenters. The number of ether oxygens (including phenoxy) is 2. The van der Waals surface area contributed by atoms with Gasteiger partial charge in [-0.3, -0.25) is 0 Å². The zero-order valence-corrected chi connectivity index (χ0v) is 18.5. The van der Waals surface area contributed by atoms with E-state index in [1.807, 2.05) is 30.3 Å². The van der Waals surface area contributed by atoms with Crippen molar-refractivity contribution in [1.29, 1.82) is 0 Å². The Morgan fingerprint density at radius 3 is 2.09 bits per heavy atom. The predicted molar refractivity (Wildman–Crippen MR) is 119 cm³/mol. The van der Waals surface area contributed by atoms with Gasteiger partial charge in [-0.05, 0) is 47.4 Å². The van der Waals surface area contributed by atoms with Crippen LogP contribution in [0.25, 0.3) is 11.1 Å². The molecule has 4 rings (SSSR count). The van der Waals surface area contributed by atoms with Crippen LogP contribution in [0.3, 0.4) is 0 Å². The fourth-order valence-corrected chi connectivity index (χ4v) is 4.05. The summed E-state index contributed by atoms with van der Waals surface area (Å²) in [5.74, 6) is -0.821. The van der Waals surface area contributed by atoms with Gasteiger partial charge >= 0.3 is 12.1 Å². The van der Waals surface area contributed by atoms with Crippen LogP contribution >= 0.6 is 0 Å². The molecule has 0 spiro atoms. The van der Waals surface area contributed by atoms with Crippen LogP contribution in [0.4, 0.5) is 13.2 Å². The number of aliphatic hydroxyl groups is 3. The highest BCUT2D eigenvalue weighted by Gasteiger charge is 2.48. The number of rotatable bonds is 5. The Labute approximate surface area is 199 Å². The first kappa shape index (κ1) is 24.9. The van der Waals surface area contributed by atoms with Gasteiger partial charge in [-0.2, -0.15) is 13.2 Å². The molecule has 6 nitrogen and oxygen atoms in total. The minimum absolute atomic E-state index is 0.107. The van der Waals surface area contributed by atoms with Crippen LogP contribution in [0.5, 0.6) is 0 Å². The Kier molecular flexibility index (Phi) is 6.95. The lowest BCUT2D eigenvalue weighted by Crippen LogP contribution is -2.37. The molecule has 0 radical (unpaired) electrons. The molecule has 1 aliphatic rings. The van der Waals surface area contributed by atoms with Crippen molar-refractivity contribution >= 4 is 5.97 Å². The molecule has 0 amide bonds. The summed E-state index contributed by atoms with van der Waals surface area (Å²) >= 11 is 0. The molecular weight excluding hydrogens is 465 g/mol. The second-order valence-electron chi connectivity index (χ2n) is 8.31. The number of halogens is 3. The van der Waals surface area contributed by atoms with Gasteiger partial charge in [0, 0.05) is 0 Å². The van der Waals surface area contributed by atoms with Crippen LogP contribution in [0.2, 0.25) is 0 Å². The van der Waals surface area contributed by atoms with E-state index in [-0.39, 0.29) is 16.7 Å². The second kappa shape index (κ2) is 9.79. The summed E-state index contributed by atoms with van der Waals surface area (Å²) in [6.45, 7) is 1.25. The number of hydrogen-bond acceptors (Lipinski definition) is 6. The van der Waals surface area contributed by atoms with E-state index < -0.39 is 48.4 Å². The molecule has 3 N–H and O–H groups in total. The van der Waals surface area contributed by atoms with Gasteiger partial charge < -0.3 is 24.8 Å². The number of carbonyl (C=O) groups is 1. The summed E-state index contributed by atoms with van der Waals surface area (Å²) in [5, 5.41) is 30.1. The molecule has 1 aliphatic heterocycles. The maximum absolute atomic E-state index is 13.2. The number of hydrogen-bond donors (Lipinski definition) is 3. The third-order valence-corrected chi connectivity index (χ3v) is 5.92. The van der Waals surface area contributed by atoms with Gasteiger partial charge in [0.05, 0.1) is 11.1 Å². The first-order valence-electron chi connectivity index (χ1n) is 10.8. The highest BCUT2D eigenvalue weighted by Crippen LogP contribution is 2.37. The molecule has 9 heteroatoms. The van der Waals surface area contributed by atoms with Crippen molar-refractivity contribution in [2.45, 2.75) is 43.8 Å². The first-order chi connectivity index (χ1) is 16.6. The summed E-state index contributed by atoms with van der Waals surface area (Å²) in [4.78, 5) is 12.9. The van der Waals surface area contributed by atoms with Crippen molar-refractivity contribution in [2.75, 3.05) is 0 Å². The van der Waals surface area contributed by atoms with Gasteiger partial charge in [-0.1, -0.05) is 54.6 Å². The standard InChI is InChI=1S/C26H23F3O6/c1-14-13-18(11-12-19(14)26(27,28)29)22(23-20(30)21(31)25(33)35-23)34-24(32)17-9-7-16(8-10-17)15-5-3-2-4-6-15/h2-13,20-23,25,30-31,33H,1H3/t20-,21+,22?,23-,25+/m0/s1. The SMILES string of the molecule is Cc1cc(C(OC(=O)c2ccc(-c3ccccc3)cc2)[C@H]2O[C@@H](O)[C@H](O)[C@@H]2O)ccc1C(F)(F)F. The van der Waals surface area contributed by atoms with E-state index in [0.717, 1.165) is 23.3 Å². The summed E-state index contributed by atoms with van der Waals surface area (Å²) in [6.07, 6.45) is -12.5. The number of aliphatic hydroxyl groups excluding tert-OH is 3. The molecule has 1 heterocycles. The quantitative estimate of drug-likeness (QED) is 0.470. The lowest BCUT2D eigenvalue weighted by molar-refractivity contribution is -0.148. The van der Waals surface area contributed by atoms with Crippen molar-refractivity contribution in [3.05, 3.63) is 95.1 Å². The minimum Gasteiger partial charge on any atom is -0.451 e. The van der Waals surface area contributed by atoms with Gasteiger partial charge in [0.2, 0.25) is 0 Å². The van der Waals surface area contributed by atoms with E-state index in [9.17, 15) is 33.3 Å². The molecule has 3 aromatic carbocycles. The van der Waals surface area contributed by atoms with Crippen LogP contribution in [-0.4, -0.2) is 45.9 Å². The zero-order chi connectivity index (χ0) is 25.3. The Bertz CT molecular complexity index is 1180. The molecule has 5 atom stereocenters. The molecule has 0 aliphatic carbocycles. The summed E-state index contributed by atoms with van der Waals surface area (Å²) < 4.78 is 50.4. The molecule has 1 fully saturated rings. The van der Waals surface area contributed by atoms with Crippen LogP contribution in [-0.2, 0) is 15.7 Å². The molecule has 0 aromatic heterocycles. The zero-order valence-electron chi connectivity index (χ0n) is 18.5. The van der Waals surface area contributed by atoms with Crippen molar-refractivity contribution in [2.24, 2.45) is 0 Å². The predicted octanol–water partition coefficient (Wildman–Crippen LogP) is 4.02. The van der Waals surface area contributed by atoms with E-state index >= 15 is 0 Å².